The number of hydrogen-bond donors (Lipinski definition) is 1. The Morgan fingerprint density at radius 1 is 1.22 bits per heavy atom. The third-order valence-corrected chi connectivity index (χ3v) is 6.96. The van der Waals surface area contributed by atoms with Gasteiger partial charge in [0.25, 0.3) is 0 Å². The molecule has 1 aromatic heterocycles. The van der Waals surface area contributed by atoms with Crippen molar-refractivity contribution < 1.29 is 23.5 Å². The van der Waals surface area contributed by atoms with Crippen LogP contribution in [-0.4, -0.2) is 18.4 Å². The monoisotopic (exact) mass is 455 g/mol. The van der Waals surface area contributed by atoms with Gasteiger partial charge in [-0.25, -0.2) is 9.18 Å². The highest BCUT2D eigenvalue weighted by Gasteiger charge is 2.40. The van der Waals surface area contributed by atoms with Gasteiger partial charge in [0.1, 0.15) is 18.2 Å². The summed E-state index contributed by atoms with van der Waals surface area (Å²) in [6.07, 6.45) is 2.08. The molecule has 0 amide bonds. The van der Waals surface area contributed by atoms with E-state index in [0.29, 0.717) is 29.9 Å². The van der Waals surface area contributed by atoms with E-state index in [2.05, 4.69) is 5.32 Å². The highest BCUT2D eigenvalue weighted by atomic mass is 32.1. The highest BCUT2D eigenvalue weighted by molar-refractivity contribution is 7.12. The predicted molar refractivity (Wildman–Crippen MR) is 121 cm³/mol. The van der Waals surface area contributed by atoms with Crippen molar-refractivity contribution in [3.05, 3.63) is 74.0 Å². The van der Waals surface area contributed by atoms with Crippen molar-refractivity contribution in [3.63, 3.8) is 0 Å². The Morgan fingerprint density at radius 3 is 2.69 bits per heavy atom. The van der Waals surface area contributed by atoms with Crippen molar-refractivity contribution in [2.75, 3.05) is 6.61 Å². The van der Waals surface area contributed by atoms with Gasteiger partial charge in [0, 0.05) is 38.7 Å². The van der Waals surface area contributed by atoms with Crippen molar-refractivity contribution >= 4 is 23.1 Å². The molecule has 0 unspecified atom stereocenters. The molecule has 2 aromatic rings. The van der Waals surface area contributed by atoms with E-state index in [4.69, 9.17) is 9.47 Å². The summed E-state index contributed by atoms with van der Waals surface area (Å²) < 4.78 is 24.3. The lowest BCUT2D eigenvalue weighted by molar-refractivity contribution is -0.138. The summed E-state index contributed by atoms with van der Waals surface area (Å²) in [6.45, 7) is 6.21. The Kier molecular flexibility index (Phi) is 6.46. The first-order chi connectivity index (χ1) is 15.4. The Balaban J connectivity index is 1.69. The van der Waals surface area contributed by atoms with E-state index in [-0.39, 0.29) is 18.2 Å². The second-order valence-electron chi connectivity index (χ2n) is 7.96. The fourth-order valence-electron chi connectivity index (χ4n) is 4.27. The van der Waals surface area contributed by atoms with Crippen molar-refractivity contribution in [2.45, 2.75) is 52.6 Å². The van der Waals surface area contributed by atoms with E-state index in [9.17, 15) is 14.0 Å². The van der Waals surface area contributed by atoms with E-state index < -0.39 is 11.9 Å². The van der Waals surface area contributed by atoms with Crippen LogP contribution in [0.5, 0.6) is 5.75 Å². The summed E-state index contributed by atoms with van der Waals surface area (Å²) in [5.74, 6) is -0.500. The smallest absolute Gasteiger partial charge is 0.336 e. The predicted octanol–water partition coefficient (Wildman–Crippen LogP) is 5.31. The van der Waals surface area contributed by atoms with Gasteiger partial charge in [-0.3, -0.25) is 4.79 Å². The van der Waals surface area contributed by atoms with E-state index in [1.165, 1.54) is 12.1 Å². The Hall–Kier alpha value is -2.93. The quantitative estimate of drug-likeness (QED) is 0.599. The first kappa shape index (κ1) is 22.3. The number of nitrogens with one attached hydrogen (secondary N) is 1. The van der Waals surface area contributed by atoms with Crippen LogP contribution in [0.2, 0.25) is 0 Å². The molecular formula is C25H26FNO4S. The van der Waals surface area contributed by atoms with Crippen LogP contribution in [0.1, 0.15) is 54.3 Å². The molecule has 0 fully saturated rings. The van der Waals surface area contributed by atoms with E-state index >= 15 is 0 Å². The molecule has 1 aliphatic heterocycles. The van der Waals surface area contributed by atoms with Gasteiger partial charge in [0.2, 0.25) is 0 Å². The zero-order chi connectivity index (χ0) is 22.8. The summed E-state index contributed by atoms with van der Waals surface area (Å²) in [4.78, 5) is 27.8. The molecule has 2 heterocycles. The zero-order valence-electron chi connectivity index (χ0n) is 18.4. The first-order valence-electron chi connectivity index (χ1n) is 10.8. The van der Waals surface area contributed by atoms with Gasteiger partial charge in [0.05, 0.1) is 18.1 Å². The average molecular weight is 456 g/mol. The number of esters is 1. The van der Waals surface area contributed by atoms with Crippen LogP contribution in [0.25, 0.3) is 0 Å². The molecule has 0 spiro atoms. The van der Waals surface area contributed by atoms with Crippen LogP contribution in [0.3, 0.4) is 0 Å². The zero-order valence-corrected chi connectivity index (χ0v) is 19.2. The molecule has 5 nitrogen and oxygen atoms in total. The van der Waals surface area contributed by atoms with Crippen molar-refractivity contribution in [3.8, 4) is 5.75 Å². The number of ether oxygens (including phenoxy) is 2. The fraction of sp³-hybridized carbons (Fsp3) is 0.360. The molecule has 0 saturated carbocycles. The molecule has 7 heteroatoms. The minimum absolute atomic E-state index is 0.0770. The number of ketones is 1. The van der Waals surface area contributed by atoms with Gasteiger partial charge >= 0.3 is 5.97 Å². The standard InChI is InChI=1S/C25H26FNO4S/c1-4-30-25(29)22-14(2)27-19-6-5-7-20(28)23(19)24(22)21-12-16(15(3)32-21)13-31-18-10-8-17(26)9-11-18/h8-12,24,27H,4-7,13H2,1-3H3/t24-/m1/s1. The van der Waals surface area contributed by atoms with Crippen molar-refractivity contribution in [1.82, 2.24) is 5.32 Å². The maximum absolute atomic E-state index is 13.1. The van der Waals surface area contributed by atoms with Crippen LogP contribution in [0.15, 0.2) is 52.9 Å². The lowest BCUT2D eigenvalue weighted by Gasteiger charge is -2.33. The maximum atomic E-state index is 13.1. The highest BCUT2D eigenvalue weighted by Crippen LogP contribution is 2.45. The molecule has 0 bridgehead atoms. The summed E-state index contributed by atoms with van der Waals surface area (Å²) in [7, 11) is 0. The number of halogens is 1. The van der Waals surface area contributed by atoms with Gasteiger partial charge in [-0.1, -0.05) is 0 Å². The van der Waals surface area contributed by atoms with Crippen LogP contribution in [0.4, 0.5) is 4.39 Å². The summed E-state index contributed by atoms with van der Waals surface area (Å²) in [5, 5.41) is 3.30. The van der Waals surface area contributed by atoms with Crippen LogP contribution >= 0.6 is 11.3 Å². The average Bonchev–Trinajstić information content (AvgIpc) is 3.13. The lowest BCUT2D eigenvalue weighted by Crippen LogP contribution is -2.34. The third kappa shape index (κ3) is 4.35. The molecule has 1 atom stereocenters. The van der Waals surface area contributed by atoms with Gasteiger partial charge in [-0.15, -0.1) is 11.3 Å². The number of carbonyl (C=O) groups is 2. The second-order valence-corrected chi connectivity index (χ2v) is 9.25. The number of dihydropyridines is 1. The van der Waals surface area contributed by atoms with E-state index in [1.807, 2.05) is 19.9 Å². The van der Waals surface area contributed by atoms with Crippen molar-refractivity contribution in [2.24, 2.45) is 0 Å². The molecule has 0 saturated heterocycles. The molecule has 2 aliphatic rings. The number of Topliss-reactive ketones (excluding diaryl/α,β-unsaturated/α-hetero) is 1. The Labute approximate surface area is 190 Å². The normalized spacial score (nSPS) is 18.4. The molecule has 1 aliphatic carbocycles. The Morgan fingerprint density at radius 2 is 1.97 bits per heavy atom. The van der Waals surface area contributed by atoms with E-state index in [0.717, 1.165) is 39.6 Å². The number of thiophene rings is 1. The number of benzene rings is 1. The maximum Gasteiger partial charge on any atom is 0.336 e. The molecular weight excluding hydrogens is 429 g/mol. The number of allylic oxidation sites excluding steroid dienone is 3. The van der Waals surface area contributed by atoms with Gasteiger partial charge < -0.3 is 14.8 Å². The minimum Gasteiger partial charge on any atom is -0.489 e. The van der Waals surface area contributed by atoms with Crippen LogP contribution < -0.4 is 10.1 Å². The van der Waals surface area contributed by atoms with Crippen molar-refractivity contribution in [1.29, 1.82) is 0 Å². The third-order valence-electron chi connectivity index (χ3n) is 5.80. The first-order valence-corrected chi connectivity index (χ1v) is 11.6. The topological polar surface area (TPSA) is 64.6 Å². The SMILES string of the molecule is CCOC(=O)C1=C(C)NC2=C(C(=O)CCC2)[C@@H]1c1cc(COc2ccc(F)cc2)c(C)s1. The molecule has 1 N–H and O–H groups in total. The largest absolute Gasteiger partial charge is 0.489 e. The van der Waals surface area contributed by atoms with Crippen LogP contribution in [0, 0.1) is 12.7 Å². The number of hydrogen-bond acceptors (Lipinski definition) is 6. The van der Waals surface area contributed by atoms with Gasteiger partial charge in [-0.05, 0) is 63.9 Å². The van der Waals surface area contributed by atoms with Gasteiger partial charge in [0.15, 0.2) is 5.78 Å². The summed E-state index contributed by atoms with van der Waals surface area (Å²) in [5.41, 5.74) is 3.79. The fourth-order valence-corrected chi connectivity index (χ4v) is 5.43. The molecule has 168 valence electrons. The molecule has 0 radical (unpaired) electrons. The minimum atomic E-state index is -0.443. The van der Waals surface area contributed by atoms with E-state index in [1.54, 1.807) is 30.4 Å². The van der Waals surface area contributed by atoms with Crippen LogP contribution in [-0.2, 0) is 20.9 Å². The number of carbonyl (C=O) groups excluding carboxylic acids is 2. The molecule has 32 heavy (non-hydrogen) atoms. The number of aryl methyl sites for hydroxylation is 1. The molecule has 1 aromatic carbocycles. The number of rotatable bonds is 6. The van der Waals surface area contributed by atoms with Gasteiger partial charge in [-0.2, -0.15) is 0 Å². The summed E-state index contributed by atoms with van der Waals surface area (Å²) in [6, 6.07) is 7.91. The second kappa shape index (κ2) is 9.28. The Bertz CT molecular complexity index is 1110. The lowest BCUT2D eigenvalue weighted by atomic mass is 9.78. The molecule has 4 rings (SSSR count). The summed E-state index contributed by atoms with van der Waals surface area (Å²) >= 11 is 1.56.